The minimum atomic E-state index is -4.11. The molecule has 0 amide bonds. The van der Waals surface area contributed by atoms with Crippen LogP contribution in [0.1, 0.15) is 6.42 Å². The molecule has 4 rings (SSSR count). The van der Waals surface area contributed by atoms with Gasteiger partial charge in [0.1, 0.15) is 17.4 Å². The molecular weight excluding hydrogens is 522 g/mol. The van der Waals surface area contributed by atoms with Gasteiger partial charge in [-0.3, -0.25) is 9.10 Å². The highest BCUT2D eigenvalue weighted by Crippen LogP contribution is 2.29. The zero-order valence-corrected chi connectivity index (χ0v) is 21.0. The number of hydrogen-bond acceptors (Lipinski definition) is 7. The van der Waals surface area contributed by atoms with Crippen LogP contribution >= 0.6 is 0 Å². The molecule has 1 N–H and O–H groups in total. The van der Waals surface area contributed by atoms with E-state index in [9.17, 15) is 31.9 Å². The van der Waals surface area contributed by atoms with E-state index in [1.807, 2.05) is 0 Å². The number of ether oxygens (including phenoxy) is 1. The van der Waals surface area contributed by atoms with E-state index in [0.29, 0.717) is 11.1 Å². The molecule has 0 aliphatic heterocycles. The molecule has 0 fully saturated rings. The Balaban J connectivity index is 1.64. The van der Waals surface area contributed by atoms with Crippen molar-refractivity contribution in [2.75, 3.05) is 17.7 Å². The molecule has 13 heteroatoms. The summed E-state index contributed by atoms with van der Waals surface area (Å²) in [6.07, 6.45) is 0.518. The smallest absolute Gasteiger partial charge is 0.327 e. The topological polar surface area (TPSA) is 132 Å². The number of nitrogens with zero attached hydrogens (tertiary/aromatic N) is 4. The van der Waals surface area contributed by atoms with Crippen molar-refractivity contribution >= 4 is 32.6 Å². The van der Waals surface area contributed by atoms with Crippen LogP contribution in [0.2, 0.25) is 0 Å². The van der Waals surface area contributed by atoms with E-state index in [1.54, 1.807) is 6.07 Å². The van der Waals surface area contributed by atoms with Crippen molar-refractivity contribution < 1.29 is 31.8 Å². The Hall–Kier alpha value is -4.39. The van der Waals surface area contributed by atoms with Gasteiger partial charge in [-0.1, -0.05) is 23.4 Å². The average molecular weight is 545 g/mol. The number of benzene rings is 3. The first-order valence-corrected chi connectivity index (χ1v) is 13.0. The summed E-state index contributed by atoms with van der Waals surface area (Å²) in [6.45, 7) is -0.301. The number of sulfonamides is 1. The van der Waals surface area contributed by atoms with Gasteiger partial charge in [0, 0.05) is 6.54 Å². The molecule has 4 aromatic rings. The fourth-order valence-electron chi connectivity index (χ4n) is 4.03. The Labute approximate surface area is 215 Å². The predicted octanol–water partition coefficient (Wildman–Crippen LogP) is 3.05. The van der Waals surface area contributed by atoms with E-state index in [-0.39, 0.29) is 35.3 Å². The van der Waals surface area contributed by atoms with Gasteiger partial charge in [-0.15, -0.1) is 5.10 Å². The number of rotatable bonds is 9. The van der Waals surface area contributed by atoms with Gasteiger partial charge >= 0.3 is 5.97 Å². The van der Waals surface area contributed by atoms with Crippen molar-refractivity contribution in [3.05, 3.63) is 82.7 Å². The van der Waals surface area contributed by atoms with E-state index in [2.05, 4.69) is 10.3 Å². The van der Waals surface area contributed by atoms with E-state index in [1.165, 1.54) is 49.6 Å². The van der Waals surface area contributed by atoms with Gasteiger partial charge in [0.25, 0.3) is 5.56 Å². The maximum Gasteiger partial charge on any atom is 0.327 e. The van der Waals surface area contributed by atoms with Gasteiger partial charge in [0.2, 0.25) is 10.0 Å². The highest BCUT2D eigenvalue weighted by Gasteiger charge is 2.33. The van der Waals surface area contributed by atoms with Crippen molar-refractivity contribution in [3.8, 4) is 16.9 Å². The van der Waals surface area contributed by atoms with Crippen LogP contribution < -0.4 is 14.6 Å². The number of methoxy groups -OCH3 is 1. The minimum absolute atomic E-state index is 0.0441. The zero-order chi connectivity index (χ0) is 27.6. The summed E-state index contributed by atoms with van der Waals surface area (Å²) in [5.74, 6) is -2.61. The van der Waals surface area contributed by atoms with Crippen molar-refractivity contribution in [1.82, 2.24) is 15.0 Å². The second-order valence-electron chi connectivity index (χ2n) is 8.38. The largest absolute Gasteiger partial charge is 0.494 e. The molecule has 0 radical (unpaired) electrons. The van der Waals surface area contributed by atoms with Crippen molar-refractivity contribution in [2.24, 2.45) is 0 Å². The molecule has 0 aliphatic rings. The number of aryl methyl sites for hydroxylation is 1. The second-order valence-corrected chi connectivity index (χ2v) is 10.2. The summed E-state index contributed by atoms with van der Waals surface area (Å²) in [5.41, 5.74) is 0.580. The molecule has 1 heterocycles. The summed E-state index contributed by atoms with van der Waals surface area (Å²) in [4.78, 5) is 24.9. The van der Waals surface area contributed by atoms with Gasteiger partial charge in [-0.25, -0.2) is 26.7 Å². The minimum Gasteiger partial charge on any atom is -0.494 e. The van der Waals surface area contributed by atoms with Crippen LogP contribution in [0.3, 0.4) is 0 Å². The van der Waals surface area contributed by atoms with Gasteiger partial charge < -0.3 is 9.84 Å². The van der Waals surface area contributed by atoms with E-state index < -0.39 is 39.2 Å². The first-order valence-electron chi connectivity index (χ1n) is 11.2. The number of fused-ring (bicyclic) bond motifs is 1. The van der Waals surface area contributed by atoms with Crippen LogP contribution in [0.4, 0.5) is 14.5 Å². The SMILES string of the molecule is COc1ccc(-c2ccc(N([C@H](CCn3nnc4ccc(F)cc4c3=O)C(=O)O)S(C)(=O)=O)cc2)cc1F. The molecule has 0 bridgehead atoms. The number of carbonyl (C=O) groups is 1. The highest BCUT2D eigenvalue weighted by atomic mass is 32.2. The number of aromatic nitrogens is 3. The van der Waals surface area contributed by atoms with E-state index in [0.717, 1.165) is 27.4 Å². The van der Waals surface area contributed by atoms with Crippen LogP contribution in [0.15, 0.2) is 65.5 Å². The van der Waals surface area contributed by atoms with Crippen molar-refractivity contribution in [1.29, 1.82) is 0 Å². The number of carboxylic acids is 1. The number of anilines is 1. The predicted molar refractivity (Wildman–Crippen MR) is 136 cm³/mol. The van der Waals surface area contributed by atoms with Gasteiger partial charge in [-0.05, 0) is 60.0 Å². The molecule has 10 nitrogen and oxygen atoms in total. The Morgan fingerprint density at radius 3 is 2.37 bits per heavy atom. The first-order chi connectivity index (χ1) is 18.0. The Morgan fingerprint density at radius 1 is 1.08 bits per heavy atom. The molecule has 0 spiro atoms. The number of halogens is 2. The number of carboxylic acid groups (broad SMARTS) is 1. The monoisotopic (exact) mass is 544 g/mol. The lowest BCUT2D eigenvalue weighted by Gasteiger charge is -2.29. The lowest BCUT2D eigenvalue weighted by Crippen LogP contribution is -2.46. The fourth-order valence-corrected chi connectivity index (χ4v) is 5.19. The molecule has 0 saturated heterocycles. The van der Waals surface area contributed by atoms with Crippen LogP contribution in [0, 0.1) is 11.6 Å². The molecule has 38 heavy (non-hydrogen) atoms. The normalized spacial score (nSPS) is 12.3. The molecule has 0 aliphatic carbocycles. The molecule has 3 aromatic carbocycles. The lowest BCUT2D eigenvalue weighted by molar-refractivity contribution is -0.138. The number of aliphatic carboxylic acids is 1. The van der Waals surface area contributed by atoms with Gasteiger partial charge in [-0.2, -0.15) is 0 Å². The Bertz CT molecular complexity index is 1680. The van der Waals surface area contributed by atoms with Gasteiger partial charge in [0.15, 0.2) is 11.6 Å². The molecule has 1 atom stereocenters. The third kappa shape index (κ3) is 5.47. The molecule has 1 aromatic heterocycles. The Morgan fingerprint density at radius 2 is 1.76 bits per heavy atom. The number of hydrogen-bond donors (Lipinski definition) is 1. The van der Waals surface area contributed by atoms with Crippen LogP contribution in [0.5, 0.6) is 5.75 Å². The lowest BCUT2D eigenvalue weighted by atomic mass is 10.0. The average Bonchev–Trinajstić information content (AvgIpc) is 2.87. The molecule has 0 unspecified atom stereocenters. The summed E-state index contributed by atoms with van der Waals surface area (Å²) >= 11 is 0. The molecule has 198 valence electrons. The molecule has 0 saturated carbocycles. The third-order valence-corrected chi connectivity index (χ3v) is 7.01. The van der Waals surface area contributed by atoms with Crippen molar-refractivity contribution in [3.63, 3.8) is 0 Å². The molecular formula is C25H22F2N4O6S. The summed E-state index contributed by atoms with van der Waals surface area (Å²) in [6, 6.07) is 12.0. The van der Waals surface area contributed by atoms with E-state index >= 15 is 0 Å². The van der Waals surface area contributed by atoms with Crippen LogP contribution in [-0.2, 0) is 21.4 Å². The second kappa shape index (κ2) is 10.5. The summed E-state index contributed by atoms with van der Waals surface area (Å²) in [5, 5.41) is 17.5. The van der Waals surface area contributed by atoms with E-state index in [4.69, 9.17) is 4.74 Å². The van der Waals surface area contributed by atoms with Gasteiger partial charge in [0.05, 0.1) is 24.4 Å². The standard InChI is InChI=1S/C25H22F2N4O6S/c1-37-23-10-5-16(13-20(23)27)15-3-7-18(8-4-15)31(38(2,35)36)22(25(33)34)11-12-30-24(32)19-14-17(26)6-9-21(19)28-29-30/h3-10,13-14,22H,11-12H2,1-2H3,(H,33,34)/t22-/m1/s1. The fraction of sp³-hybridized carbons (Fsp3) is 0.200. The Kier molecular flexibility index (Phi) is 7.39. The quantitative estimate of drug-likeness (QED) is 0.340. The van der Waals surface area contributed by atoms with Crippen molar-refractivity contribution in [2.45, 2.75) is 19.0 Å². The van der Waals surface area contributed by atoms with Crippen LogP contribution in [-0.4, -0.2) is 53.9 Å². The maximum atomic E-state index is 14.1. The summed E-state index contributed by atoms with van der Waals surface area (Å²) < 4.78 is 59.6. The summed E-state index contributed by atoms with van der Waals surface area (Å²) in [7, 11) is -2.77. The highest BCUT2D eigenvalue weighted by molar-refractivity contribution is 7.92. The third-order valence-electron chi connectivity index (χ3n) is 5.83. The van der Waals surface area contributed by atoms with Crippen LogP contribution in [0.25, 0.3) is 22.0 Å². The zero-order valence-electron chi connectivity index (χ0n) is 20.2. The first kappa shape index (κ1) is 26.7. The maximum absolute atomic E-state index is 14.1.